The van der Waals surface area contributed by atoms with Gasteiger partial charge in [-0.1, -0.05) is 18.1 Å². The van der Waals surface area contributed by atoms with Crippen molar-refractivity contribution in [3.8, 4) is 0 Å². The zero-order chi connectivity index (χ0) is 42.7. The number of phosphoric acid groups is 2. The van der Waals surface area contributed by atoms with Crippen molar-refractivity contribution in [3.05, 3.63) is 11.9 Å². The Morgan fingerprint density at radius 3 is 2.22 bits per heavy atom. The molecule has 0 radical (unpaired) electrons. The Morgan fingerprint density at radius 2 is 1.53 bits per heavy atom. The molecule has 1 aromatic heterocycles. The number of nitrogens with zero attached hydrogens (tertiary/aromatic N) is 3. The monoisotopic (exact) mass is 875 g/mol. The number of hydrogen-bond acceptors (Lipinski definition) is 17. The Bertz CT molecular complexity index is 1460. The number of aryl methyl sites for hydroxylation is 1. The molecule has 5 unspecified atom stereocenters. The Hall–Kier alpha value is -1.98. The van der Waals surface area contributed by atoms with Crippen LogP contribution < -0.4 is 10.6 Å². The van der Waals surface area contributed by atoms with E-state index < -0.39 is 70.4 Å². The van der Waals surface area contributed by atoms with Crippen LogP contribution in [0.15, 0.2) is 6.20 Å². The first-order valence-corrected chi connectivity index (χ1v) is 22.6. The molecule has 22 nitrogen and oxygen atoms in total. The van der Waals surface area contributed by atoms with Gasteiger partial charge in [-0.25, -0.2) is 9.13 Å². The van der Waals surface area contributed by atoms with Gasteiger partial charge in [0.2, 0.25) is 11.8 Å². The maximum Gasteiger partial charge on any atom is 0.472 e. The van der Waals surface area contributed by atoms with Crippen molar-refractivity contribution in [1.82, 2.24) is 25.6 Å². The molecule has 2 aliphatic rings. The molecule has 58 heavy (non-hydrogen) atoms. The number of nitrogens with one attached hydrogen (secondary N) is 2. The zero-order valence-electron chi connectivity index (χ0n) is 33.7. The first-order chi connectivity index (χ1) is 27.6. The minimum atomic E-state index is -4.57. The molecule has 3 heterocycles. The summed E-state index contributed by atoms with van der Waals surface area (Å²) in [6.07, 6.45) is -0.427. The second-order valence-electron chi connectivity index (χ2n) is 14.4. The van der Waals surface area contributed by atoms with Crippen LogP contribution in [0.5, 0.6) is 0 Å². The number of methoxy groups -OCH3 is 2. The van der Waals surface area contributed by atoms with Crippen molar-refractivity contribution in [2.24, 2.45) is 5.92 Å². The van der Waals surface area contributed by atoms with Gasteiger partial charge in [-0.15, -0.1) is 5.10 Å². The summed E-state index contributed by atoms with van der Waals surface area (Å²) < 4.78 is 67.8. The van der Waals surface area contributed by atoms with E-state index >= 15 is 0 Å². The number of carbonyl (C=O) groups excluding carboxylic acids is 2. The number of amides is 2. The fourth-order valence-electron chi connectivity index (χ4n) is 6.34. The Kier molecular flexibility index (Phi) is 22.3. The maximum absolute atomic E-state index is 12.5. The average molecular weight is 876 g/mol. The maximum atomic E-state index is 12.5. The summed E-state index contributed by atoms with van der Waals surface area (Å²) in [7, 11) is -6.06. The van der Waals surface area contributed by atoms with E-state index in [0.717, 1.165) is 0 Å². The van der Waals surface area contributed by atoms with Crippen LogP contribution in [0.4, 0.5) is 0 Å². The quantitative estimate of drug-likeness (QED) is 0.0414. The van der Waals surface area contributed by atoms with E-state index in [1.165, 1.54) is 14.2 Å². The van der Waals surface area contributed by atoms with Gasteiger partial charge in [-0.2, -0.15) is 0 Å². The van der Waals surface area contributed by atoms with Crippen LogP contribution in [-0.2, 0) is 68.9 Å². The van der Waals surface area contributed by atoms with Crippen LogP contribution in [0, 0.1) is 5.92 Å². The molecule has 0 aromatic carbocycles. The van der Waals surface area contributed by atoms with Gasteiger partial charge in [0.25, 0.3) is 0 Å². The van der Waals surface area contributed by atoms with Gasteiger partial charge in [0, 0.05) is 52.7 Å². The number of aliphatic hydroxyl groups excluding tert-OH is 3. The standard InChI is InChI=1S/C34H63N5O17P2/c1-23-31(43)33(50-4)28(55-23)22-53-57(45,46)51-16-9-5-6-12-30(42)36-17-26-18-39(38-37-26)15-10-13-29(41)35-14-8-7-11-25(19-40)20-52-58(47,48)56-34-27(21-49-3)54-24(2)32(34)44/h18,23-25,27-28,31-34,40,43-44H,5-17,19-22H2,1-4H3,(H,35,41)(H,36,42)(H,45,46)(H,47,48)/t23-,24-,25?,27+,28+,31?,32+,33-,34?/m0/s1. The molecule has 1 aromatic rings. The molecule has 2 aliphatic heterocycles. The number of hydrogen-bond donors (Lipinski definition) is 7. The lowest BCUT2D eigenvalue weighted by Gasteiger charge is -2.24. The van der Waals surface area contributed by atoms with Crippen molar-refractivity contribution >= 4 is 27.5 Å². The molecule has 2 amide bonds. The van der Waals surface area contributed by atoms with Gasteiger partial charge in [0.1, 0.15) is 42.3 Å². The molecule has 3 rings (SSSR count). The van der Waals surface area contributed by atoms with E-state index in [-0.39, 0.29) is 64.2 Å². The summed E-state index contributed by atoms with van der Waals surface area (Å²) in [6, 6.07) is 0. The lowest BCUT2D eigenvalue weighted by atomic mass is 10.0. The summed E-state index contributed by atoms with van der Waals surface area (Å²) in [5.74, 6) is -0.762. The molecular formula is C34H63N5O17P2. The third kappa shape index (κ3) is 17.9. The fraction of sp³-hybridized carbons (Fsp3) is 0.882. The number of aromatic nitrogens is 3. The zero-order valence-corrected chi connectivity index (χ0v) is 35.5. The lowest BCUT2D eigenvalue weighted by Crippen LogP contribution is -2.36. The van der Waals surface area contributed by atoms with Crippen molar-refractivity contribution in [3.63, 3.8) is 0 Å². The number of carbonyl (C=O) groups is 2. The van der Waals surface area contributed by atoms with Gasteiger partial charge < -0.3 is 54.7 Å². The topological polar surface area (TPSA) is 298 Å². The van der Waals surface area contributed by atoms with Gasteiger partial charge >= 0.3 is 15.6 Å². The Balaban J connectivity index is 1.18. The molecule has 336 valence electrons. The molecule has 24 heteroatoms. The van der Waals surface area contributed by atoms with Crippen molar-refractivity contribution in [2.45, 2.75) is 134 Å². The van der Waals surface area contributed by atoms with E-state index in [2.05, 4.69) is 20.9 Å². The number of ether oxygens (including phenoxy) is 4. The summed E-state index contributed by atoms with van der Waals surface area (Å²) in [5, 5.41) is 43.7. The first kappa shape index (κ1) is 50.4. The molecule has 0 spiro atoms. The van der Waals surface area contributed by atoms with Gasteiger partial charge in [-0.05, 0) is 46.0 Å². The van der Waals surface area contributed by atoms with Crippen molar-refractivity contribution in [1.29, 1.82) is 0 Å². The van der Waals surface area contributed by atoms with Crippen LogP contribution in [0.2, 0.25) is 0 Å². The number of rotatable bonds is 30. The summed E-state index contributed by atoms with van der Waals surface area (Å²) in [5.41, 5.74) is 0.558. The molecule has 2 fully saturated rings. The van der Waals surface area contributed by atoms with E-state index in [0.29, 0.717) is 63.7 Å². The third-order valence-corrected chi connectivity index (χ3v) is 11.6. The van der Waals surface area contributed by atoms with E-state index in [1.807, 2.05) is 0 Å². The molecule has 7 N–H and O–H groups in total. The lowest BCUT2D eigenvalue weighted by molar-refractivity contribution is -0.122. The Labute approximate surface area is 338 Å². The highest BCUT2D eigenvalue weighted by Crippen LogP contribution is 2.48. The molecule has 0 bridgehead atoms. The molecule has 0 aliphatic carbocycles. The first-order valence-electron chi connectivity index (χ1n) is 19.6. The van der Waals surface area contributed by atoms with Crippen LogP contribution in [0.25, 0.3) is 0 Å². The normalized spacial score (nSPS) is 27.3. The van der Waals surface area contributed by atoms with E-state index in [4.69, 9.17) is 37.0 Å². The number of aliphatic hydroxyl groups is 3. The second-order valence-corrected chi connectivity index (χ2v) is 17.2. The average Bonchev–Trinajstić information content (AvgIpc) is 3.83. The molecule has 0 saturated carbocycles. The highest BCUT2D eigenvalue weighted by atomic mass is 31.2. The smallest absolute Gasteiger partial charge is 0.396 e. The van der Waals surface area contributed by atoms with Crippen LogP contribution in [-0.4, -0.2) is 155 Å². The van der Waals surface area contributed by atoms with Crippen LogP contribution in [0.1, 0.15) is 77.3 Å². The number of unbranched alkanes of at least 4 members (excludes halogenated alkanes) is 3. The second kappa shape index (κ2) is 25.7. The van der Waals surface area contributed by atoms with Crippen molar-refractivity contribution < 1.29 is 80.9 Å². The summed E-state index contributed by atoms with van der Waals surface area (Å²) in [6.45, 7) is 3.53. The summed E-state index contributed by atoms with van der Waals surface area (Å²) in [4.78, 5) is 44.7. The number of phosphoric ester groups is 2. The highest BCUT2D eigenvalue weighted by Gasteiger charge is 2.46. The van der Waals surface area contributed by atoms with E-state index in [1.54, 1.807) is 24.7 Å². The largest absolute Gasteiger partial charge is 0.472 e. The van der Waals surface area contributed by atoms with Gasteiger partial charge in [-0.3, -0.25) is 32.4 Å². The molecular weight excluding hydrogens is 812 g/mol. The highest BCUT2D eigenvalue weighted by molar-refractivity contribution is 7.47. The predicted octanol–water partition coefficient (Wildman–Crippen LogP) is 0.724. The van der Waals surface area contributed by atoms with Gasteiger partial charge in [0.05, 0.1) is 51.4 Å². The molecule has 11 atom stereocenters. The predicted molar refractivity (Wildman–Crippen MR) is 203 cm³/mol. The third-order valence-electron chi connectivity index (χ3n) is 9.65. The summed E-state index contributed by atoms with van der Waals surface area (Å²) >= 11 is 0. The fourth-order valence-corrected chi connectivity index (χ4v) is 8.14. The minimum absolute atomic E-state index is 0.0424. The van der Waals surface area contributed by atoms with E-state index in [9.17, 15) is 43.8 Å². The van der Waals surface area contributed by atoms with Gasteiger partial charge in [0.15, 0.2) is 0 Å². The SMILES string of the molecule is COC[C@H]1O[C@@H](C)[C@@H](O)C1OP(=O)(O)OCC(CO)CCCCNC(=O)CCCn1cc(CNC(=O)CCCCCOP(=O)(O)OC[C@H]2O[C@@H](C)C(O)[C@H]2OC)nn1. The molecule has 2 saturated heterocycles. The Morgan fingerprint density at radius 1 is 0.862 bits per heavy atom. The van der Waals surface area contributed by atoms with Crippen LogP contribution in [0.3, 0.4) is 0 Å². The van der Waals surface area contributed by atoms with Crippen LogP contribution >= 0.6 is 15.6 Å². The minimum Gasteiger partial charge on any atom is -0.396 e. The van der Waals surface area contributed by atoms with Crippen molar-refractivity contribution in [2.75, 3.05) is 53.8 Å².